The first-order valence-electron chi connectivity index (χ1n) is 7.73. The molecule has 3 heterocycles. The van der Waals surface area contributed by atoms with Gasteiger partial charge in [0.1, 0.15) is 5.60 Å². The van der Waals surface area contributed by atoms with Crippen LogP contribution in [-0.2, 0) is 16.1 Å². The lowest BCUT2D eigenvalue weighted by Crippen LogP contribution is -2.53. The van der Waals surface area contributed by atoms with Crippen molar-refractivity contribution in [3.05, 3.63) is 42.4 Å². The Bertz CT molecular complexity index is 639. The monoisotopic (exact) mass is 351 g/mol. The molecule has 0 spiro atoms. The van der Waals surface area contributed by atoms with E-state index in [1.54, 1.807) is 24.2 Å². The van der Waals surface area contributed by atoms with Crippen LogP contribution in [0.4, 0.5) is 0 Å². The van der Waals surface area contributed by atoms with Crippen molar-refractivity contribution in [3.63, 3.8) is 0 Å². The first-order valence-corrected chi connectivity index (χ1v) is 7.73. The van der Waals surface area contributed by atoms with Gasteiger partial charge >= 0.3 is 0 Å². The van der Waals surface area contributed by atoms with Gasteiger partial charge in [-0.15, -0.1) is 12.4 Å². The van der Waals surface area contributed by atoms with E-state index in [4.69, 9.17) is 4.74 Å². The van der Waals surface area contributed by atoms with Crippen LogP contribution < -0.4 is 10.6 Å². The van der Waals surface area contributed by atoms with E-state index in [9.17, 15) is 4.79 Å². The van der Waals surface area contributed by atoms with Crippen molar-refractivity contribution >= 4 is 18.3 Å². The summed E-state index contributed by atoms with van der Waals surface area (Å²) in [5.41, 5.74) is 0.225. The van der Waals surface area contributed by atoms with Crippen LogP contribution in [0.15, 0.2) is 36.8 Å². The summed E-state index contributed by atoms with van der Waals surface area (Å²) in [4.78, 5) is 16.8. The Morgan fingerprint density at radius 2 is 2.21 bits per heavy atom. The molecule has 24 heavy (non-hydrogen) atoms. The zero-order chi connectivity index (χ0) is 16.1. The molecule has 1 aliphatic heterocycles. The number of aromatic nitrogens is 3. The van der Waals surface area contributed by atoms with Crippen molar-refractivity contribution < 1.29 is 9.53 Å². The fourth-order valence-corrected chi connectivity index (χ4v) is 2.76. The van der Waals surface area contributed by atoms with Crippen LogP contribution in [0.1, 0.15) is 18.4 Å². The smallest absolute Gasteiger partial charge is 0.252 e. The molecule has 0 aliphatic carbocycles. The molecule has 2 aromatic rings. The number of carbonyl (C=O) groups is 1. The molecule has 1 aliphatic rings. The summed E-state index contributed by atoms with van der Waals surface area (Å²) in [6.07, 6.45) is 6.67. The summed E-state index contributed by atoms with van der Waals surface area (Å²) >= 11 is 0. The Balaban J connectivity index is 0.00000208. The number of hydrogen-bond donors (Lipinski definition) is 2. The second-order valence-electron chi connectivity index (χ2n) is 5.61. The molecule has 130 valence electrons. The van der Waals surface area contributed by atoms with Gasteiger partial charge in [0.05, 0.1) is 0 Å². The topological polar surface area (TPSA) is 81.1 Å². The summed E-state index contributed by atoms with van der Waals surface area (Å²) < 4.78 is 7.21. The molecule has 1 amide bonds. The number of nitrogens with one attached hydrogen (secondary N) is 2. The predicted molar refractivity (Wildman–Crippen MR) is 92.3 cm³/mol. The molecule has 0 saturated carbocycles. The van der Waals surface area contributed by atoms with E-state index in [0.29, 0.717) is 19.4 Å². The zero-order valence-corrected chi connectivity index (χ0v) is 14.4. The SMILES string of the molecule is COC1(C(=O)NCc2ccc(-n3cccn3)nc2)CCNCC1.Cl. The van der Waals surface area contributed by atoms with Gasteiger partial charge in [0.15, 0.2) is 5.82 Å². The third kappa shape index (κ3) is 3.92. The number of rotatable bonds is 5. The van der Waals surface area contributed by atoms with Crippen molar-refractivity contribution in [2.24, 2.45) is 0 Å². The molecule has 1 fully saturated rings. The average molecular weight is 352 g/mol. The third-order valence-electron chi connectivity index (χ3n) is 4.22. The van der Waals surface area contributed by atoms with Crippen LogP contribution in [0, 0.1) is 0 Å². The lowest BCUT2D eigenvalue weighted by atomic mass is 9.91. The Hall–Kier alpha value is -1.96. The van der Waals surface area contributed by atoms with Gasteiger partial charge in [0.2, 0.25) is 0 Å². The van der Waals surface area contributed by atoms with Crippen LogP contribution >= 0.6 is 12.4 Å². The Morgan fingerprint density at radius 1 is 1.42 bits per heavy atom. The third-order valence-corrected chi connectivity index (χ3v) is 4.22. The van der Waals surface area contributed by atoms with Crippen LogP contribution in [0.5, 0.6) is 0 Å². The molecule has 8 heteroatoms. The van der Waals surface area contributed by atoms with Crippen molar-refractivity contribution in [2.75, 3.05) is 20.2 Å². The van der Waals surface area contributed by atoms with Crippen molar-refractivity contribution in [1.82, 2.24) is 25.4 Å². The second-order valence-corrected chi connectivity index (χ2v) is 5.61. The van der Waals surface area contributed by atoms with E-state index in [1.807, 2.05) is 24.4 Å². The zero-order valence-electron chi connectivity index (χ0n) is 13.6. The summed E-state index contributed by atoms with van der Waals surface area (Å²) in [5, 5.41) is 10.3. The van der Waals surface area contributed by atoms with Crippen molar-refractivity contribution in [2.45, 2.75) is 25.0 Å². The number of ether oxygens (including phenoxy) is 1. The minimum Gasteiger partial charge on any atom is -0.368 e. The summed E-state index contributed by atoms with van der Waals surface area (Å²) in [6, 6.07) is 5.66. The maximum atomic E-state index is 12.5. The molecule has 0 atom stereocenters. The molecule has 1 saturated heterocycles. The minimum absolute atomic E-state index is 0. The van der Waals surface area contributed by atoms with E-state index in [1.165, 1.54) is 0 Å². The number of nitrogens with zero attached hydrogens (tertiary/aromatic N) is 3. The van der Waals surface area contributed by atoms with Gasteiger partial charge in [0, 0.05) is 32.2 Å². The van der Waals surface area contributed by atoms with Crippen molar-refractivity contribution in [3.8, 4) is 5.82 Å². The highest BCUT2D eigenvalue weighted by Crippen LogP contribution is 2.22. The molecule has 0 bridgehead atoms. The Kier molecular flexibility index (Phi) is 6.30. The number of hydrogen-bond acceptors (Lipinski definition) is 5. The normalized spacial score (nSPS) is 16.2. The first-order chi connectivity index (χ1) is 11.2. The summed E-state index contributed by atoms with van der Waals surface area (Å²) in [5.74, 6) is 0.689. The van der Waals surface area contributed by atoms with Gasteiger partial charge in [-0.05, 0) is 43.6 Å². The van der Waals surface area contributed by atoms with Crippen LogP contribution in [0.25, 0.3) is 5.82 Å². The molecular formula is C16H22ClN5O2. The van der Waals surface area contributed by atoms with E-state index in [2.05, 4.69) is 20.7 Å². The van der Waals surface area contributed by atoms with Crippen LogP contribution in [0.2, 0.25) is 0 Å². The Morgan fingerprint density at radius 3 is 2.79 bits per heavy atom. The predicted octanol–water partition coefficient (Wildman–Crippen LogP) is 1.07. The minimum atomic E-state index is -0.715. The standard InChI is InChI=1S/C16H21N5O2.ClH/c1-23-16(5-8-17-9-6-16)15(22)19-12-13-3-4-14(18-11-13)21-10-2-7-20-21;/h2-4,7,10-11,17H,5-6,8-9,12H2,1H3,(H,19,22);1H. The first kappa shape index (κ1) is 18.4. The summed E-state index contributed by atoms with van der Waals surface area (Å²) in [7, 11) is 1.60. The lowest BCUT2D eigenvalue weighted by molar-refractivity contribution is -0.146. The molecule has 0 radical (unpaired) electrons. The maximum Gasteiger partial charge on any atom is 0.252 e. The van der Waals surface area contributed by atoms with Crippen LogP contribution in [-0.4, -0.2) is 46.5 Å². The number of carbonyl (C=O) groups excluding carboxylic acids is 1. The van der Waals surface area contributed by atoms with Gasteiger partial charge in [-0.3, -0.25) is 4.79 Å². The number of amides is 1. The number of piperidine rings is 1. The van der Waals surface area contributed by atoms with E-state index >= 15 is 0 Å². The molecular weight excluding hydrogens is 330 g/mol. The summed E-state index contributed by atoms with van der Waals surface area (Å²) in [6.45, 7) is 2.02. The number of halogens is 1. The van der Waals surface area contributed by atoms with Gasteiger partial charge in [-0.2, -0.15) is 5.10 Å². The molecule has 0 unspecified atom stereocenters. The maximum absolute atomic E-state index is 12.5. The fraction of sp³-hybridized carbons (Fsp3) is 0.438. The van der Waals surface area contributed by atoms with Crippen molar-refractivity contribution in [1.29, 1.82) is 0 Å². The van der Waals surface area contributed by atoms with Gasteiger partial charge in [-0.1, -0.05) is 6.07 Å². The molecule has 2 N–H and O–H groups in total. The van der Waals surface area contributed by atoms with Gasteiger partial charge in [0.25, 0.3) is 5.91 Å². The average Bonchev–Trinajstić information content (AvgIpc) is 3.15. The van der Waals surface area contributed by atoms with E-state index in [0.717, 1.165) is 24.5 Å². The van der Waals surface area contributed by atoms with E-state index < -0.39 is 5.60 Å². The van der Waals surface area contributed by atoms with Crippen LogP contribution in [0.3, 0.4) is 0 Å². The number of methoxy groups -OCH3 is 1. The molecule has 3 rings (SSSR count). The molecule has 2 aromatic heterocycles. The highest BCUT2D eigenvalue weighted by Gasteiger charge is 2.39. The van der Waals surface area contributed by atoms with Gasteiger partial charge in [-0.25, -0.2) is 9.67 Å². The largest absolute Gasteiger partial charge is 0.368 e. The lowest BCUT2D eigenvalue weighted by Gasteiger charge is -2.34. The Labute approximate surface area is 147 Å². The fourth-order valence-electron chi connectivity index (χ4n) is 2.76. The van der Waals surface area contributed by atoms with Gasteiger partial charge < -0.3 is 15.4 Å². The van der Waals surface area contributed by atoms with E-state index in [-0.39, 0.29) is 18.3 Å². The second kappa shape index (κ2) is 8.23. The quantitative estimate of drug-likeness (QED) is 0.842. The highest BCUT2D eigenvalue weighted by molar-refractivity contribution is 5.85. The highest BCUT2D eigenvalue weighted by atomic mass is 35.5. The molecule has 0 aromatic carbocycles. The number of pyridine rings is 1. The molecule has 7 nitrogen and oxygen atoms in total.